The van der Waals surface area contributed by atoms with Crippen LogP contribution in [0.4, 0.5) is 0 Å². The van der Waals surface area contributed by atoms with Crippen LogP contribution in [0.15, 0.2) is 60.7 Å². The molecule has 0 aromatic heterocycles. The second kappa shape index (κ2) is 6.10. The van der Waals surface area contributed by atoms with Crippen molar-refractivity contribution in [3.63, 3.8) is 0 Å². The molecule has 124 valence electrons. The molecule has 0 amide bonds. The Morgan fingerprint density at radius 3 is 2.36 bits per heavy atom. The topological polar surface area (TPSA) is 46.5 Å². The number of hydrogen-bond donors (Lipinski definition) is 1. The Kier molecular flexibility index (Phi) is 3.91. The lowest BCUT2D eigenvalue weighted by Crippen LogP contribution is -2.17. The summed E-state index contributed by atoms with van der Waals surface area (Å²) in [5.41, 5.74) is 2.35. The van der Waals surface area contributed by atoms with Crippen molar-refractivity contribution in [1.29, 1.82) is 0 Å². The number of aromatic carboxylic acids is 1. The molecule has 5 heteroatoms. The van der Waals surface area contributed by atoms with Crippen LogP contribution in [0.1, 0.15) is 33.0 Å². The summed E-state index contributed by atoms with van der Waals surface area (Å²) >= 11 is 12.4. The molecule has 0 spiro atoms. The molecule has 3 nitrogen and oxygen atoms in total. The second-order valence-electron chi connectivity index (χ2n) is 5.75. The maximum atomic E-state index is 11.9. The molecule has 3 aromatic rings. The summed E-state index contributed by atoms with van der Waals surface area (Å²) in [7, 11) is 0. The van der Waals surface area contributed by atoms with Gasteiger partial charge in [0.05, 0.1) is 15.6 Å². The smallest absolute Gasteiger partial charge is 0.337 e. The van der Waals surface area contributed by atoms with E-state index in [-0.39, 0.29) is 21.5 Å². The number of ether oxygens (including phenoxy) is 1. The van der Waals surface area contributed by atoms with Gasteiger partial charge in [-0.2, -0.15) is 0 Å². The zero-order valence-electron chi connectivity index (χ0n) is 12.9. The largest absolute Gasteiger partial charge is 0.478 e. The highest BCUT2D eigenvalue weighted by Crippen LogP contribution is 2.51. The van der Waals surface area contributed by atoms with Gasteiger partial charge in [-0.25, -0.2) is 4.79 Å². The molecule has 1 aliphatic rings. The van der Waals surface area contributed by atoms with E-state index in [1.165, 1.54) is 0 Å². The fraction of sp³-hybridized carbons (Fsp3) is 0.0500. The molecule has 1 aliphatic heterocycles. The summed E-state index contributed by atoms with van der Waals surface area (Å²) in [5.74, 6) is -0.340. The number of halogens is 2. The molecule has 4 rings (SSSR count). The number of para-hydroxylation sites is 1. The average Bonchev–Trinajstić information content (AvgIpc) is 2.61. The van der Waals surface area contributed by atoms with Gasteiger partial charge in [-0.3, -0.25) is 0 Å². The van der Waals surface area contributed by atoms with Gasteiger partial charge in [-0.1, -0.05) is 71.7 Å². The van der Waals surface area contributed by atoms with E-state index in [1.807, 2.05) is 54.6 Å². The predicted molar refractivity (Wildman–Crippen MR) is 97.3 cm³/mol. The molecule has 1 heterocycles. The van der Waals surface area contributed by atoms with E-state index in [0.29, 0.717) is 17.1 Å². The number of benzene rings is 3. The molecule has 0 bridgehead atoms. The number of carbonyl (C=O) groups is 1. The van der Waals surface area contributed by atoms with E-state index in [1.54, 1.807) is 6.07 Å². The highest BCUT2D eigenvalue weighted by molar-refractivity contribution is 6.44. The van der Waals surface area contributed by atoms with Gasteiger partial charge in [0.1, 0.15) is 11.5 Å². The molecule has 3 aromatic carbocycles. The van der Waals surface area contributed by atoms with Gasteiger partial charge >= 0.3 is 5.97 Å². The molecule has 0 radical (unpaired) electrons. The molecule has 0 fully saturated rings. The van der Waals surface area contributed by atoms with Gasteiger partial charge in [0.25, 0.3) is 0 Å². The van der Waals surface area contributed by atoms with Gasteiger partial charge < -0.3 is 9.84 Å². The lowest BCUT2D eigenvalue weighted by Gasteiger charge is -2.30. The molecule has 0 aliphatic carbocycles. The van der Waals surface area contributed by atoms with Crippen molar-refractivity contribution in [2.75, 3.05) is 0 Å². The molecular weight excluding hydrogens is 359 g/mol. The monoisotopic (exact) mass is 370 g/mol. The molecule has 1 atom stereocenters. The first-order valence-electron chi connectivity index (χ1n) is 7.65. The Morgan fingerprint density at radius 2 is 1.64 bits per heavy atom. The van der Waals surface area contributed by atoms with Crippen LogP contribution in [0.25, 0.3) is 0 Å². The minimum absolute atomic E-state index is 0.0208. The maximum absolute atomic E-state index is 11.9. The number of carboxylic acids is 1. The molecule has 1 unspecified atom stereocenters. The lowest BCUT2D eigenvalue weighted by molar-refractivity contribution is 0.0695. The molecule has 0 saturated heterocycles. The van der Waals surface area contributed by atoms with Crippen molar-refractivity contribution in [3.05, 3.63) is 93.0 Å². The second-order valence-corrected chi connectivity index (χ2v) is 6.53. The van der Waals surface area contributed by atoms with Crippen LogP contribution < -0.4 is 4.74 Å². The van der Waals surface area contributed by atoms with Crippen molar-refractivity contribution in [2.24, 2.45) is 0 Å². The van der Waals surface area contributed by atoms with Gasteiger partial charge in [0.15, 0.2) is 0 Å². The van der Waals surface area contributed by atoms with E-state index in [4.69, 9.17) is 27.9 Å². The summed E-state index contributed by atoms with van der Waals surface area (Å²) < 4.78 is 5.95. The van der Waals surface area contributed by atoms with Crippen LogP contribution in [0.5, 0.6) is 11.5 Å². The van der Waals surface area contributed by atoms with Crippen LogP contribution in [-0.2, 0) is 0 Å². The third kappa shape index (κ3) is 2.56. The zero-order chi connectivity index (χ0) is 17.6. The summed E-state index contributed by atoms with van der Waals surface area (Å²) in [6.45, 7) is 0. The van der Waals surface area contributed by atoms with Gasteiger partial charge in [-0.15, -0.1) is 0 Å². The van der Waals surface area contributed by atoms with Crippen LogP contribution >= 0.6 is 23.2 Å². The summed E-state index contributed by atoms with van der Waals surface area (Å²) in [4.78, 5) is 11.9. The van der Waals surface area contributed by atoms with E-state index in [0.717, 1.165) is 11.1 Å². The number of rotatable bonds is 2. The number of fused-ring (bicyclic) bond motifs is 2. The van der Waals surface area contributed by atoms with Crippen molar-refractivity contribution < 1.29 is 14.6 Å². The first-order chi connectivity index (χ1) is 12.1. The Hall–Kier alpha value is -2.49. The Morgan fingerprint density at radius 1 is 0.960 bits per heavy atom. The lowest BCUT2D eigenvalue weighted by atomic mass is 9.80. The standard InChI is InChI=1S/C20H12Cl2O3/c21-13-10-15-17(18(19(13)22)20(23)24)16(11-6-2-1-3-7-11)12-8-4-5-9-14(12)25-15/h1-10,16H,(H,23,24). The van der Waals surface area contributed by atoms with Gasteiger partial charge in [0, 0.05) is 23.1 Å². The quantitative estimate of drug-likeness (QED) is 0.472. The summed E-state index contributed by atoms with van der Waals surface area (Å²) in [6.07, 6.45) is 0. The number of hydrogen-bond acceptors (Lipinski definition) is 2. The minimum Gasteiger partial charge on any atom is -0.478 e. The maximum Gasteiger partial charge on any atom is 0.337 e. The predicted octanol–water partition coefficient (Wildman–Crippen LogP) is 5.98. The van der Waals surface area contributed by atoms with E-state index >= 15 is 0 Å². The molecule has 1 N–H and O–H groups in total. The van der Waals surface area contributed by atoms with Crippen LogP contribution in [0, 0.1) is 0 Å². The third-order valence-corrected chi connectivity index (χ3v) is 5.09. The van der Waals surface area contributed by atoms with E-state index < -0.39 is 5.97 Å². The SMILES string of the molecule is O=C(O)c1c(Cl)c(Cl)cc2c1C(c1ccccc1)c1ccccc1O2. The van der Waals surface area contributed by atoms with E-state index in [2.05, 4.69) is 0 Å². The molecular formula is C20H12Cl2O3. The number of carboxylic acid groups (broad SMARTS) is 1. The Bertz CT molecular complexity index is 984. The Balaban J connectivity index is 2.08. The van der Waals surface area contributed by atoms with Crippen molar-refractivity contribution >= 4 is 29.2 Å². The fourth-order valence-electron chi connectivity index (χ4n) is 3.27. The first kappa shape index (κ1) is 16.0. The fourth-order valence-corrected chi connectivity index (χ4v) is 3.71. The summed E-state index contributed by atoms with van der Waals surface area (Å²) in [5, 5.41) is 9.94. The van der Waals surface area contributed by atoms with Crippen LogP contribution in [0.2, 0.25) is 10.0 Å². The summed E-state index contributed by atoms with van der Waals surface area (Å²) in [6, 6.07) is 18.8. The minimum atomic E-state index is -1.13. The molecule has 25 heavy (non-hydrogen) atoms. The normalized spacial score (nSPS) is 15.0. The highest BCUT2D eigenvalue weighted by Gasteiger charge is 2.34. The zero-order valence-corrected chi connectivity index (χ0v) is 14.4. The van der Waals surface area contributed by atoms with Crippen LogP contribution in [-0.4, -0.2) is 11.1 Å². The van der Waals surface area contributed by atoms with Crippen LogP contribution in [0.3, 0.4) is 0 Å². The molecule has 0 saturated carbocycles. The van der Waals surface area contributed by atoms with Crippen molar-refractivity contribution in [3.8, 4) is 11.5 Å². The highest BCUT2D eigenvalue weighted by atomic mass is 35.5. The van der Waals surface area contributed by atoms with E-state index in [9.17, 15) is 9.90 Å². The first-order valence-corrected chi connectivity index (χ1v) is 8.40. The van der Waals surface area contributed by atoms with Gasteiger partial charge in [0.2, 0.25) is 0 Å². The van der Waals surface area contributed by atoms with Gasteiger partial charge in [-0.05, 0) is 11.6 Å². The Labute approximate surface area is 154 Å². The third-order valence-electron chi connectivity index (χ3n) is 4.31. The average molecular weight is 371 g/mol. The van der Waals surface area contributed by atoms with Crippen molar-refractivity contribution in [2.45, 2.75) is 5.92 Å². The van der Waals surface area contributed by atoms with Crippen molar-refractivity contribution in [1.82, 2.24) is 0 Å².